The smallest absolute Gasteiger partial charge is 0.181 e. The molecular weight excluding hydrogens is 575 g/mol. The number of allylic oxidation sites excluding steroid dienone is 2. The summed E-state index contributed by atoms with van der Waals surface area (Å²) < 4.78 is 14.5. The molecule has 0 aliphatic carbocycles. The van der Waals surface area contributed by atoms with Crippen molar-refractivity contribution in [2.75, 3.05) is 20.1 Å². The zero-order valence-corrected chi connectivity index (χ0v) is 27.3. The molecule has 0 spiro atoms. The second-order valence-electron chi connectivity index (χ2n) is 10.8. The number of nitrogens with one attached hydrogen (secondary N) is 3. The van der Waals surface area contributed by atoms with Gasteiger partial charge in [-0.05, 0) is 86.9 Å². The molecule has 6 rings (SSSR count). The van der Waals surface area contributed by atoms with Gasteiger partial charge in [0.25, 0.3) is 0 Å². The van der Waals surface area contributed by atoms with Gasteiger partial charge in [-0.2, -0.15) is 5.10 Å². The summed E-state index contributed by atoms with van der Waals surface area (Å²) in [7, 11) is 1.84. The maximum atomic E-state index is 14.5. The topological polar surface area (TPSA) is 98.4 Å². The molecule has 4 aromatic heterocycles. The molecule has 5 aromatic rings. The highest BCUT2D eigenvalue weighted by molar-refractivity contribution is 5.92. The van der Waals surface area contributed by atoms with Gasteiger partial charge in [0.15, 0.2) is 11.5 Å². The van der Waals surface area contributed by atoms with Crippen molar-refractivity contribution in [3.63, 3.8) is 0 Å². The van der Waals surface area contributed by atoms with Crippen molar-refractivity contribution < 1.29 is 4.39 Å². The van der Waals surface area contributed by atoms with Gasteiger partial charge in [-0.1, -0.05) is 45.7 Å². The summed E-state index contributed by atoms with van der Waals surface area (Å²) in [6.45, 7) is 19.8. The lowest BCUT2D eigenvalue weighted by molar-refractivity contribution is 0.331. The van der Waals surface area contributed by atoms with Crippen molar-refractivity contribution in [1.82, 2.24) is 40.3 Å². The zero-order chi connectivity index (χ0) is 33.1. The Labute approximate surface area is 270 Å². The minimum atomic E-state index is -0.298. The van der Waals surface area contributed by atoms with Gasteiger partial charge in [0.1, 0.15) is 11.5 Å². The summed E-state index contributed by atoms with van der Waals surface area (Å²) in [4.78, 5) is 20.0. The number of imidazole rings is 1. The summed E-state index contributed by atoms with van der Waals surface area (Å²) in [5.41, 5.74) is 10.7. The number of H-pyrrole nitrogens is 2. The van der Waals surface area contributed by atoms with E-state index in [1.807, 2.05) is 58.6 Å². The maximum absolute atomic E-state index is 14.5. The predicted octanol–water partition coefficient (Wildman–Crippen LogP) is 7.77. The zero-order valence-electron chi connectivity index (χ0n) is 27.3. The lowest BCUT2D eigenvalue weighted by Crippen LogP contribution is -2.18. The van der Waals surface area contributed by atoms with E-state index in [0.717, 1.165) is 64.2 Å². The van der Waals surface area contributed by atoms with E-state index in [1.54, 1.807) is 6.08 Å². The van der Waals surface area contributed by atoms with Crippen molar-refractivity contribution in [1.29, 1.82) is 0 Å². The van der Waals surface area contributed by atoms with Crippen LogP contribution in [0.1, 0.15) is 54.8 Å². The molecule has 5 heterocycles. The average Bonchev–Trinajstić information content (AvgIpc) is 3.81. The van der Waals surface area contributed by atoms with Crippen LogP contribution in [0.3, 0.4) is 0 Å². The van der Waals surface area contributed by atoms with E-state index in [2.05, 4.69) is 73.0 Å². The van der Waals surface area contributed by atoms with Gasteiger partial charge < -0.3 is 10.3 Å². The fourth-order valence-corrected chi connectivity index (χ4v) is 5.55. The lowest BCUT2D eigenvalue weighted by atomic mass is 9.98. The fraction of sp³-hybridized carbons (Fsp3) is 0.270. The van der Waals surface area contributed by atoms with Gasteiger partial charge in [-0.25, -0.2) is 14.4 Å². The van der Waals surface area contributed by atoms with Crippen LogP contribution in [0, 0.1) is 12.7 Å². The highest BCUT2D eigenvalue weighted by Crippen LogP contribution is 2.32. The Kier molecular flexibility index (Phi) is 12.1. The van der Waals surface area contributed by atoms with Crippen molar-refractivity contribution >= 4 is 16.6 Å². The number of nitrogens with zero attached hydrogens (tertiary/aromatic N) is 5. The van der Waals surface area contributed by atoms with E-state index >= 15 is 0 Å². The van der Waals surface area contributed by atoms with Crippen LogP contribution < -0.4 is 5.32 Å². The molecule has 1 aliphatic heterocycles. The van der Waals surface area contributed by atoms with E-state index < -0.39 is 0 Å². The van der Waals surface area contributed by atoms with Crippen LogP contribution >= 0.6 is 0 Å². The molecule has 9 heteroatoms. The van der Waals surface area contributed by atoms with Crippen LogP contribution in [0.2, 0.25) is 0 Å². The Hall–Kier alpha value is -4.95. The van der Waals surface area contributed by atoms with Gasteiger partial charge in [0.05, 0.1) is 11.1 Å². The molecule has 0 bridgehead atoms. The lowest BCUT2D eigenvalue weighted by Gasteiger charge is -2.14. The van der Waals surface area contributed by atoms with Gasteiger partial charge >= 0.3 is 0 Å². The van der Waals surface area contributed by atoms with Gasteiger partial charge in [-0.15, -0.1) is 5.73 Å². The summed E-state index contributed by atoms with van der Waals surface area (Å²) in [6.07, 6.45) is 11.7. The third-order valence-corrected chi connectivity index (χ3v) is 7.45. The Morgan fingerprint density at radius 3 is 2.50 bits per heavy atom. The molecule has 0 saturated carbocycles. The number of aromatic amines is 2. The van der Waals surface area contributed by atoms with Crippen LogP contribution in [-0.4, -0.2) is 55.2 Å². The predicted molar refractivity (Wildman–Crippen MR) is 187 cm³/mol. The SMILES string of the molecule is C=C/C=C(/c1cc(F)cc(CNC)c1)c1nc(-c2[nH]nc3ncc(-c4cncc(CN5CCCC5)c4)cc23)[nH]c1C.C=C=C.CC. The number of aromatic nitrogens is 6. The monoisotopic (exact) mass is 618 g/mol. The average molecular weight is 619 g/mol. The summed E-state index contributed by atoms with van der Waals surface area (Å²) in [5.74, 6) is 0.329. The maximum Gasteiger partial charge on any atom is 0.181 e. The fourth-order valence-electron chi connectivity index (χ4n) is 5.55. The number of pyridine rings is 2. The second-order valence-corrected chi connectivity index (χ2v) is 10.8. The molecule has 8 nitrogen and oxygen atoms in total. The van der Waals surface area contributed by atoms with Crippen molar-refractivity contribution in [3.8, 4) is 22.6 Å². The minimum absolute atomic E-state index is 0.298. The highest BCUT2D eigenvalue weighted by Gasteiger charge is 2.19. The molecular formula is C37H43FN8. The number of hydrogen-bond acceptors (Lipinski definition) is 6. The number of likely N-dealkylation sites (tertiary alicyclic amines) is 1. The Balaban J connectivity index is 0.000000908. The van der Waals surface area contributed by atoms with Crippen LogP contribution in [0.15, 0.2) is 86.5 Å². The molecule has 0 amide bonds. The van der Waals surface area contributed by atoms with E-state index in [0.29, 0.717) is 23.7 Å². The standard InChI is InChI=1S/C32H33FN8.C3H4.C2H6/c1-4-7-27(23-10-21(15-34-3)12-26(33)13-23)29-20(2)37-32(38-29)30-28-14-25(18-36-31(28)40-39-30)24-11-22(16-35-17-24)19-41-8-5-6-9-41;1-3-2;1-2/h4,7,10-14,16-18,34H,1,5-6,8-9,15,19H2,2-3H3,(H,37,38)(H,36,39,40);1-2H2;1-2H3/b27-7-;;. The van der Waals surface area contributed by atoms with Gasteiger partial charge in [0, 0.05) is 54.1 Å². The van der Waals surface area contributed by atoms with Crippen LogP contribution in [-0.2, 0) is 13.1 Å². The number of fused-ring (bicyclic) bond motifs is 1. The first-order chi connectivity index (χ1) is 22.4. The minimum Gasteiger partial charge on any atom is -0.340 e. The number of rotatable bonds is 9. The molecule has 46 heavy (non-hydrogen) atoms. The molecule has 1 fully saturated rings. The molecule has 0 atom stereocenters. The number of aryl methyl sites for hydroxylation is 1. The van der Waals surface area contributed by atoms with Crippen molar-refractivity contribution in [2.45, 2.75) is 46.7 Å². The first-order valence-corrected chi connectivity index (χ1v) is 15.6. The molecule has 1 aromatic carbocycles. The summed E-state index contributed by atoms with van der Waals surface area (Å²) in [5, 5.41) is 11.5. The molecule has 0 radical (unpaired) electrons. The molecule has 0 unspecified atom stereocenters. The number of benzene rings is 1. The van der Waals surface area contributed by atoms with Crippen LogP contribution in [0.5, 0.6) is 0 Å². The first kappa shape index (κ1) is 33.9. The first-order valence-electron chi connectivity index (χ1n) is 15.6. The Bertz CT molecular complexity index is 1840. The molecule has 1 aliphatic rings. The van der Waals surface area contributed by atoms with E-state index in [9.17, 15) is 4.39 Å². The molecule has 238 valence electrons. The van der Waals surface area contributed by atoms with Gasteiger partial charge in [0.2, 0.25) is 0 Å². The molecule has 3 N–H and O–H groups in total. The van der Waals surface area contributed by atoms with Crippen molar-refractivity contribution in [2.24, 2.45) is 0 Å². The van der Waals surface area contributed by atoms with E-state index in [4.69, 9.17) is 4.98 Å². The van der Waals surface area contributed by atoms with Gasteiger partial charge in [-0.3, -0.25) is 15.0 Å². The number of halogens is 1. The Morgan fingerprint density at radius 2 is 1.78 bits per heavy atom. The molecule has 1 saturated heterocycles. The third-order valence-electron chi connectivity index (χ3n) is 7.45. The van der Waals surface area contributed by atoms with E-state index in [-0.39, 0.29) is 5.82 Å². The Morgan fingerprint density at radius 1 is 1.04 bits per heavy atom. The number of hydrogen-bond donors (Lipinski definition) is 3. The third kappa shape index (κ3) is 8.00. The van der Waals surface area contributed by atoms with Crippen LogP contribution in [0.4, 0.5) is 4.39 Å². The summed E-state index contributed by atoms with van der Waals surface area (Å²) >= 11 is 0. The quantitative estimate of drug-likeness (QED) is 0.115. The normalized spacial score (nSPS) is 13.0. The summed E-state index contributed by atoms with van der Waals surface area (Å²) in [6, 6.07) is 9.29. The highest BCUT2D eigenvalue weighted by atomic mass is 19.1. The van der Waals surface area contributed by atoms with Crippen LogP contribution in [0.25, 0.3) is 39.3 Å². The van der Waals surface area contributed by atoms with Crippen molar-refractivity contribution in [3.05, 3.63) is 120 Å². The van der Waals surface area contributed by atoms with E-state index in [1.165, 1.54) is 30.5 Å². The largest absolute Gasteiger partial charge is 0.340 e. The second kappa shape index (κ2) is 16.4.